The number of methoxy groups -OCH3 is 2. The number of fused-ring (bicyclic) bond motifs is 1. The lowest BCUT2D eigenvalue weighted by molar-refractivity contribution is -0.0931. The highest BCUT2D eigenvalue weighted by atomic mass is 16.6. The monoisotopic (exact) mass is 851 g/mol. The Morgan fingerprint density at radius 3 is 1.71 bits per heavy atom. The second-order valence-corrected chi connectivity index (χ2v) is 18.3. The fraction of sp³-hybridized carbons (Fsp3) is 0.531. The van der Waals surface area contributed by atoms with E-state index in [0.29, 0.717) is 66.4 Å². The highest BCUT2D eigenvalue weighted by Crippen LogP contribution is 2.43. The number of aromatic nitrogens is 4. The van der Waals surface area contributed by atoms with Crippen molar-refractivity contribution in [3.05, 3.63) is 102 Å². The van der Waals surface area contributed by atoms with Gasteiger partial charge in [-0.3, -0.25) is 14.4 Å². The molecule has 13 heteroatoms. The zero-order chi connectivity index (χ0) is 44.4. The van der Waals surface area contributed by atoms with Gasteiger partial charge in [0.15, 0.2) is 17.0 Å². The zero-order valence-electron chi connectivity index (χ0n) is 38.5. The third-order valence-electron chi connectivity index (χ3n) is 11.0. The van der Waals surface area contributed by atoms with E-state index >= 15 is 0 Å². The second kappa shape index (κ2) is 21.5. The van der Waals surface area contributed by atoms with Crippen LogP contribution in [0.15, 0.2) is 85.2 Å². The molecule has 1 saturated heterocycles. The number of imidazole rings is 1. The van der Waals surface area contributed by atoms with Crippen molar-refractivity contribution < 1.29 is 24.1 Å². The van der Waals surface area contributed by atoms with Gasteiger partial charge in [-0.1, -0.05) is 110 Å². The van der Waals surface area contributed by atoms with Crippen molar-refractivity contribution in [2.75, 3.05) is 71.0 Å². The van der Waals surface area contributed by atoms with Crippen molar-refractivity contribution >= 4 is 22.9 Å². The van der Waals surface area contributed by atoms with Crippen LogP contribution < -0.4 is 20.1 Å². The van der Waals surface area contributed by atoms with Gasteiger partial charge in [0.1, 0.15) is 29.4 Å². The Labute approximate surface area is 369 Å². The zero-order valence-corrected chi connectivity index (χ0v) is 38.5. The van der Waals surface area contributed by atoms with Crippen LogP contribution in [0.4, 0.5) is 11.8 Å². The molecule has 2 aromatic heterocycles. The molecule has 0 aliphatic carbocycles. The molecule has 0 unspecified atom stereocenters. The van der Waals surface area contributed by atoms with Gasteiger partial charge in [-0.2, -0.15) is 9.97 Å². The van der Waals surface area contributed by atoms with E-state index in [9.17, 15) is 5.11 Å². The third kappa shape index (κ3) is 11.6. The first kappa shape index (κ1) is 46.7. The first-order chi connectivity index (χ1) is 29.8. The molecule has 1 fully saturated rings. The molecule has 1 aliphatic heterocycles. The van der Waals surface area contributed by atoms with Crippen molar-refractivity contribution in [3.63, 3.8) is 0 Å². The summed E-state index contributed by atoms with van der Waals surface area (Å²) in [6.45, 7) is 23.1. The summed E-state index contributed by atoms with van der Waals surface area (Å²) < 4.78 is 26.9. The van der Waals surface area contributed by atoms with Gasteiger partial charge in [-0.15, -0.1) is 0 Å². The molecule has 3 N–H and O–H groups in total. The minimum absolute atomic E-state index is 0.0922. The van der Waals surface area contributed by atoms with Crippen LogP contribution in [0.5, 0.6) is 11.5 Å². The van der Waals surface area contributed by atoms with Crippen LogP contribution in [0, 0.1) is 23.7 Å². The molecule has 336 valence electrons. The number of nitrogens with zero attached hydrogens (tertiary/aromatic N) is 6. The SMILES string of the molecule is COc1ccc(C(OC[C@H]2O[C@H](n3cnc4c(NCN(CC(C)C)CC(C)C)nc(NCN(CC(C)C)CC(C)C)nc43)C[C@@H]2O)(c2ccccc2)c2ccc(OC)cc2)cc1. The molecule has 0 radical (unpaired) electrons. The topological polar surface area (TPSA) is 131 Å². The lowest BCUT2D eigenvalue weighted by Crippen LogP contribution is -2.38. The van der Waals surface area contributed by atoms with Crippen molar-refractivity contribution in [1.29, 1.82) is 0 Å². The van der Waals surface area contributed by atoms with Gasteiger partial charge in [-0.25, -0.2) is 4.98 Å². The van der Waals surface area contributed by atoms with Gasteiger partial charge in [-0.05, 0) is 64.6 Å². The molecule has 6 rings (SSSR count). The van der Waals surface area contributed by atoms with E-state index in [1.807, 2.05) is 71.3 Å². The number of anilines is 2. The third-order valence-corrected chi connectivity index (χ3v) is 11.0. The fourth-order valence-corrected chi connectivity index (χ4v) is 8.49. The maximum atomic E-state index is 11.7. The van der Waals surface area contributed by atoms with E-state index in [4.69, 9.17) is 33.9 Å². The van der Waals surface area contributed by atoms with Crippen LogP contribution in [0.25, 0.3) is 11.2 Å². The summed E-state index contributed by atoms with van der Waals surface area (Å²) in [6.07, 6.45) is 0.0445. The predicted octanol–water partition coefficient (Wildman–Crippen LogP) is 8.47. The Hall–Kier alpha value is -4.79. The molecule has 0 amide bonds. The number of ether oxygens (including phenoxy) is 4. The van der Waals surface area contributed by atoms with E-state index in [-0.39, 0.29) is 6.61 Å². The van der Waals surface area contributed by atoms with Crippen molar-refractivity contribution in [3.8, 4) is 11.5 Å². The molecule has 3 heterocycles. The van der Waals surface area contributed by atoms with Gasteiger partial charge in [0.2, 0.25) is 5.95 Å². The highest BCUT2D eigenvalue weighted by molar-refractivity contribution is 5.84. The van der Waals surface area contributed by atoms with Crippen LogP contribution in [0.1, 0.15) is 84.7 Å². The van der Waals surface area contributed by atoms with Gasteiger partial charge in [0.25, 0.3) is 0 Å². The largest absolute Gasteiger partial charge is 0.497 e. The Bertz CT molecular complexity index is 2040. The van der Waals surface area contributed by atoms with Crippen molar-refractivity contribution in [2.24, 2.45) is 23.7 Å². The van der Waals surface area contributed by atoms with Crippen LogP contribution >= 0.6 is 0 Å². The van der Waals surface area contributed by atoms with E-state index in [0.717, 1.165) is 54.4 Å². The maximum absolute atomic E-state index is 11.7. The standard InChI is InChI=1S/C49H70N8O5/c1-33(2)25-55(26-34(3)4)30-51-46-45-47(54-48(53-46)52-31-56(27-35(5)6)28-36(7)8)57(32-50-45)44-24-42(58)43(62-44)29-61-49(37-14-12-11-13-15-37,38-16-20-40(59-9)21-17-38)39-18-22-41(60-10)23-19-39/h11-23,32-36,42-44,58H,24-31H2,1-10H3,(H2,51,52,53,54)/t42-,43+,44-/m0/s1. The Kier molecular flexibility index (Phi) is 16.2. The number of aliphatic hydroxyl groups is 1. The van der Waals surface area contributed by atoms with E-state index in [1.54, 1.807) is 20.5 Å². The molecule has 3 atom stereocenters. The molecular weight excluding hydrogens is 781 g/mol. The summed E-state index contributed by atoms with van der Waals surface area (Å²) >= 11 is 0. The summed E-state index contributed by atoms with van der Waals surface area (Å²) in [5.74, 6) is 4.68. The van der Waals surface area contributed by atoms with Gasteiger partial charge in [0, 0.05) is 32.6 Å². The van der Waals surface area contributed by atoms with E-state index < -0.39 is 24.0 Å². The maximum Gasteiger partial charge on any atom is 0.227 e. The minimum atomic E-state index is -1.06. The molecule has 62 heavy (non-hydrogen) atoms. The molecule has 0 bridgehead atoms. The predicted molar refractivity (Wildman–Crippen MR) is 248 cm³/mol. The van der Waals surface area contributed by atoms with Gasteiger partial charge < -0.3 is 34.7 Å². The number of aliphatic hydroxyl groups excluding tert-OH is 1. The minimum Gasteiger partial charge on any atom is -0.497 e. The normalized spacial score (nSPS) is 17.1. The molecule has 13 nitrogen and oxygen atoms in total. The second-order valence-electron chi connectivity index (χ2n) is 18.3. The number of rotatable bonds is 23. The molecule has 0 saturated carbocycles. The molecule has 1 aliphatic rings. The van der Waals surface area contributed by atoms with Crippen LogP contribution in [-0.4, -0.2) is 107 Å². The van der Waals surface area contributed by atoms with Crippen LogP contribution in [0.2, 0.25) is 0 Å². The summed E-state index contributed by atoms with van der Waals surface area (Å²) in [5, 5.41) is 18.9. The number of hydrogen-bond donors (Lipinski definition) is 3. The first-order valence-electron chi connectivity index (χ1n) is 22.3. The van der Waals surface area contributed by atoms with Gasteiger partial charge in [0.05, 0.1) is 46.6 Å². The summed E-state index contributed by atoms with van der Waals surface area (Å²) in [5.41, 5.74) is 2.93. The van der Waals surface area contributed by atoms with Gasteiger partial charge >= 0.3 is 0 Å². The molecule has 5 aromatic rings. The van der Waals surface area contributed by atoms with Crippen LogP contribution in [-0.2, 0) is 15.1 Å². The Balaban J connectivity index is 1.32. The summed E-state index contributed by atoms with van der Waals surface area (Å²) in [4.78, 5) is 19.8. The molecular formula is C49H70N8O5. The Morgan fingerprint density at radius 2 is 1.21 bits per heavy atom. The number of hydrogen-bond acceptors (Lipinski definition) is 12. The Morgan fingerprint density at radius 1 is 0.710 bits per heavy atom. The van der Waals surface area contributed by atoms with Crippen LogP contribution in [0.3, 0.4) is 0 Å². The lowest BCUT2D eigenvalue weighted by atomic mass is 9.80. The number of benzene rings is 3. The molecule has 0 spiro atoms. The quantitative estimate of drug-likeness (QED) is 0.0431. The van der Waals surface area contributed by atoms with E-state index in [2.05, 4.69) is 88.0 Å². The average molecular weight is 851 g/mol. The smallest absolute Gasteiger partial charge is 0.227 e. The highest BCUT2D eigenvalue weighted by Gasteiger charge is 2.42. The van der Waals surface area contributed by atoms with Crippen molar-refractivity contribution in [1.82, 2.24) is 29.3 Å². The first-order valence-corrected chi connectivity index (χ1v) is 22.3. The summed E-state index contributed by atoms with van der Waals surface area (Å²) in [7, 11) is 3.31. The molecule has 3 aromatic carbocycles. The average Bonchev–Trinajstić information content (AvgIpc) is 3.85. The van der Waals surface area contributed by atoms with E-state index in [1.165, 1.54) is 0 Å². The van der Waals surface area contributed by atoms with Crippen molar-refractivity contribution in [2.45, 2.75) is 85.8 Å². The summed E-state index contributed by atoms with van der Waals surface area (Å²) in [6, 6.07) is 26.0. The fourth-order valence-electron chi connectivity index (χ4n) is 8.49. The lowest BCUT2D eigenvalue weighted by Gasteiger charge is -2.37. The number of nitrogens with one attached hydrogen (secondary N) is 2.